The summed E-state index contributed by atoms with van der Waals surface area (Å²) in [5, 5.41) is 3.67. The predicted octanol–water partition coefficient (Wildman–Crippen LogP) is 4.93. The summed E-state index contributed by atoms with van der Waals surface area (Å²) in [6, 6.07) is 11.1. The van der Waals surface area contributed by atoms with Crippen LogP contribution in [0.5, 0.6) is 11.5 Å². The second-order valence-electron chi connectivity index (χ2n) is 8.48. The van der Waals surface area contributed by atoms with E-state index in [9.17, 15) is 0 Å². The lowest BCUT2D eigenvalue weighted by Crippen LogP contribution is -2.25. The number of pyridine rings is 1. The van der Waals surface area contributed by atoms with Gasteiger partial charge < -0.3 is 24.3 Å². The maximum Gasteiger partial charge on any atom is 0.165 e. The molecule has 1 saturated carbocycles. The number of anilines is 1. The van der Waals surface area contributed by atoms with Crippen LogP contribution in [0.2, 0.25) is 0 Å². The van der Waals surface area contributed by atoms with Crippen LogP contribution in [0.15, 0.2) is 36.5 Å². The summed E-state index contributed by atoms with van der Waals surface area (Å²) in [6.07, 6.45) is 8.93. The van der Waals surface area contributed by atoms with E-state index in [-0.39, 0.29) is 6.10 Å². The van der Waals surface area contributed by atoms with Crippen LogP contribution in [0.25, 0.3) is 0 Å². The lowest BCUT2D eigenvalue weighted by molar-refractivity contribution is 0.0679. The van der Waals surface area contributed by atoms with E-state index in [1.165, 1.54) is 18.4 Å². The maximum absolute atomic E-state index is 5.90. The van der Waals surface area contributed by atoms with Gasteiger partial charge >= 0.3 is 0 Å². The van der Waals surface area contributed by atoms with Crippen molar-refractivity contribution < 1.29 is 18.9 Å². The Balaban J connectivity index is 1.28. The van der Waals surface area contributed by atoms with Crippen molar-refractivity contribution in [1.82, 2.24) is 4.98 Å². The maximum atomic E-state index is 5.90. The first-order valence-corrected chi connectivity index (χ1v) is 11.4. The fraction of sp³-hybridized carbons (Fsp3) is 0.560. The third-order valence-corrected chi connectivity index (χ3v) is 6.36. The largest absolute Gasteiger partial charge is 0.493 e. The molecule has 2 aromatic rings. The molecule has 1 unspecified atom stereocenters. The van der Waals surface area contributed by atoms with Crippen molar-refractivity contribution in [3.05, 3.63) is 47.8 Å². The van der Waals surface area contributed by atoms with Gasteiger partial charge in [0.15, 0.2) is 5.75 Å². The molecular formula is C25H34N2O4. The van der Waals surface area contributed by atoms with E-state index in [1.807, 2.05) is 12.3 Å². The second kappa shape index (κ2) is 10.8. The molecule has 0 bridgehead atoms. The van der Waals surface area contributed by atoms with Gasteiger partial charge in [-0.25, -0.2) is 0 Å². The number of benzene rings is 1. The predicted molar refractivity (Wildman–Crippen MR) is 121 cm³/mol. The molecule has 0 amide bonds. The second-order valence-corrected chi connectivity index (χ2v) is 8.48. The monoisotopic (exact) mass is 426 g/mol. The number of aromatic nitrogens is 1. The van der Waals surface area contributed by atoms with Crippen LogP contribution in [-0.2, 0) is 16.1 Å². The number of nitrogens with zero attached hydrogens (tertiary/aromatic N) is 1. The van der Waals surface area contributed by atoms with E-state index < -0.39 is 0 Å². The number of ether oxygens (including phenoxy) is 4. The minimum atomic E-state index is 0.257. The van der Waals surface area contributed by atoms with Crippen molar-refractivity contribution in [2.75, 3.05) is 32.8 Å². The Kier molecular flexibility index (Phi) is 7.65. The van der Waals surface area contributed by atoms with Gasteiger partial charge in [0.1, 0.15) is 18.1 Å². The molecule has 6 heteroatoms. The normalized spacial score (nSPS) is 23.5. The summed E-state index contributed by atoms with van der Waals surface area (Å²) in [7, 11) is 3.36. The zero-order chi connectivity index (χ0) is 21.5. The zero-order valence-corrected chi connectivity index (χ0v) is 18.6. The molecule has 1 aliphatic carbocycles. The molecule has 2 fully saturated rings. The molecule has 0 spiro atoms. The van der Waals surface area contributed by atoms with Gasteiger partial charge in [-0.2, -0.15) is 0 Å². The van der Waals surface area contributed by atoms with Crippen molar-refractivity contribution in [3.8, 4) is 11.5 Å². The number of nitrogens with one attached hydrogen (secondary N) is 1. The average Bonchev–Trinajstić information content (AvgIpc) is 3.33. The molecule has 1 atom stereocenters. The van der Waals surface area contributed by atoms with Gasteiger partial charge in [0, 0.05) is 26.0 Å². The first-order chi connectivity index (χ1) is 15.3. The minimum Gasteiger partial charge on any atom is -0.493 e. The third-order valence-electron chi connectivity index (χ3n) is 6.36. The molecule has 6 nitrogen and oxygen atoms in total. The summed E-state index contributed by atoms with van der Waals surface area (Å²) in [5.74, 6) is 2.32. The van der Waals surface area contributed by atoms with Gasteiger partial charge in [0.2, 0.25) is 0 Å². The molecule has 1 aromatic carbocycles. The van der Waals surface area contributed by atoms with E-state index >= 15 is 0 Å². The Morgan fingerprint density at radius 1 is 1.03 bits per heavy atom. The zero-order valence-electron chi connectivity index (χ0n) is 18.6. The number of hydrogen-bond acceptors (Lipinski definition) is 6. The molecule has 1 N–H and O–H groups in total. The first-order valence-electron chi connectivity index (χ1n) is 11.4. The molecule has 2 heterocycles. The summed E-state index contributed by atoms with van der Waals surface area (Å²) in [6.45, 7) is 1.96. The summed E-state index contributed by atoms with van der Waals surface area (Å²) in [4.78, 5) is 4.38. The fourth-order valence-electron chi connectivity index (χ4n) is 4.66. The fourth-order valence-corrected chi connectivity index (χ4v) is 4.66. The van der Waals surface area contributed by atoms with E-state index in [1.54, 1.807) is 14.2 Å². The van der Waals surface area contributed by atoms with Crippen LogP contribution < -0.4 is 14.8 Å². The Morgan fingerprint density at radius 3 is 2.52 bits per heavy atom. The Bertz CT molecular complexity index is 813. The third kappa shape index (κ3) is 5.69. The Hall–Kier alpha value is -2.31. The molecule has 1 aromatic heterocycles. The number of hydrogen-bond donors (Lipinski definition) is 1. The van der Waals surface area contributed by atoms with Gasteiger partial charge in [-0.3, -0.25) is 4.98 Å². The van der Waals surface area contributed by atoms with Crippen molar-refractivity contribution in [2.24, 2.45) is 0 Å². The van der Waals surface area contributed by atoms with Gasteiger partial charge in [-0.05, 0) is 68.2 Å². The molecule has 31 heavy (non-hydrogen) atoms. The van der Waals surface area contributed by atoms with Crippen LogP contribution in [0.1, 0.15) is 55.7 Å². The number of rotatable bonds is 9. The molecular weight excluding hydrogens is 392 g/mol. The smallest absolute Gasteiger partial charge is 0.165 e. The average molecular weight is 427 g/mol. The van der Waals surface area contributed by atoms with Crippen LogP contribution in [-0.4, -0.2) is 44.6 Å². The Morgan fingerprint density at radius 2 is 1.84 bits per heavy atom. The standard InChI is InChI=1S/C25H34N2O4/c1-28-17-24-25(29-2)23(13-14-26-24)27-20-9-5-18(6-10-20)19-7-11-21(12-8-19)31-16-22-4-3-15-30-22/h7-8,11-14,18,20,22H,3-6,9-10,15-17H2,1-2H3,(H,26,27). The molecule has 168 valence electrons. The lowest BCUT2D eigenvalue weighted by atomic mass is 9.81. The first kappa shape index (κ1) is 21.9. The van der Waals surface area contributed by atoms with Gasteiger partial charge in [-0.1, -0.05) is 12.1 Å². The van der Waals surface area contributed by atoms with Crippen molar-refractivity contribution in [2.45, 2.75) is 63.2 Å². The van der Waals surface area contributed by atoms with Gasteiger partial charge in [-0.15, -0.1) is 0 Å². The van der Waals surface area contributed by atoms with Crippen molar-refractivity contribution in [3.63, 3.8) is 0 Å². The molecule has 0 radical (unpaired) electrons. The Labute approximate surface area is 185 Å². The highest BCUT2D eigenvalue weighted by Gasteiger charge is 2.24. The number of methoxy groups -OCH3 is 2. The van der Waals surface area contributed by atoms with E-state index in [0.29, 0.717) is 25.2 Å². The minimum absolute atomic E-state index is 0.257. The molecule has 1 aliphatic heterocycles. The molecule has 2 aliphatic rings. The quantitative estimate of drug-likeness (QED) is 0.613. The summed E-state index contributed by atoms with van der Waals surface area (Å²) < 4.78 is 22.4. The van der Waals surface area contributed by atoms with E-state index in [0.717, 1.165) is 55.2 Å². The highest BCUT2D eigenvalue weighted by Crippen LogP contribution is 2.36. The van der Waals surface area contributed by atoms with Crippen LogP contribution in [0.4, 0.5) is 5.69 Å². The highest BCUT2D eigenvalue weighted by atomic mass is 16.5. The van der Waals surface area contributed by atoms with Crippen molar-refractivity contribution >= 4 is 5.69 Å². The lowest BCUT2D eigenvalue weighted by Gasteiger charge is -2.30. The van der Waals surface area contributed by atoms with E-state index in [2.05, 4.69) is 34.6 Å². The van der Waals surface area contributed by atoms with Crippen LogP contribution >= 0.6 is 0 Å². The summed E-state index contributed by atoms with van der Waals surface area (Å²) >= 11 is 0. The summed E-state index contributed by atoms with van der Waals surface area (Å²) in [5.41, 5.74) is 3.23. The molecule has 1 saturated heterocycles. The van der Waals surface area contributed by atoms with Crippen LogP contribution in [0, 0.1) is 0 Å². The SMILES string of the molecule is COCc1nccc(NC2CCC(c3ccc(OCC4CCCO4)cc3)CC2)c1OC. The van der Waals surface area contributed by atoms with E-state index in [4.69, 9.17) is 18.9 Å². The highest BCUT2D eigenvalue weighted by molar-refractivity contribution is 5.58. The van der Waals surface area contributed by atoms with Crippen LogP contribution in [0.3, 0.4) is 0 Å². The topological polar surface area (TPSA) is 61.8 Å². The molecule has 4 rings (SSSR count). The van der Waals surface area contributed by atoms with Gasteiger partial charge in [0.25, 0.3) is 0 Å². The van der Waals surface area contributed by atoms with Gasteiger partial charge in [0.05, 0.1) is 25.5 Å². The van der Waals surface area contributed by atoms with Crippen molar-refractivity contribution in [1.29, 1.82) is 0 Å².